The summed E-state index contributed by atoms with van der Waals surface area (Å²) in [6, 6.07) is 10.6. The van der Waals surface area contributed by atoms with Crippen LogP contribution in [0.15, 0.2) is 48.5 Å². The van der Waals surface area contributed by atoms with Crippen LogP contribution < -0.4 is 9.47 Å². The predicted molar refractivity (Wildman–Crippen MR) is 115 cm³/mol. The molecule has 1 saturated heterocycles. The minimum Gasteiger partial charge on any atom is -0.491 e. The number of amides is 1. The van der Waals surface area contributed by atoms with Crippen molar-refractivity contribution in [1.29, 1.82) is 0 Å². The molecule has 176 valence electrons. The molecule has 1 aliphatic heterocycles. The Balaban J connectivity index is 1.54. The minimum atomic E-state index is -4.78. The largest absolute Gasteiger partial charge is 0.573 e. The summed E-state index contributed by atoms with van der Waals surface area (Å²) >= 11 is 0. The van der Waals surface area contributed by atoms with Crippen LogP contribution >= 0.6 is 0 Å². The molecule has 0 radical (unpaired) electrons. The van der Waals surface area contributed by atoms with Crippen LogP contribution in [0, 0.1) is 6.92 Å². The fraction of sp³-hybridized carbons (Fsp3) is 0.333. The lowest BCUT2D eigenvalue weighted by Gasteiger charge is -2.32. The third kappa shape index (κ3) is 7.35. The summed E-state index contributed by atoms with van der Waals surface area (Å²) in [5.41, 5.74) is 1.86. The molecule has 33 heavy (non-hydrogen) atoms. The summed E-state index contributed by atoms with van der Waals surface area (Å²) in [7, 11) is 0. The van der Waals surface area contributed by atoms with Crippen molar-refractivity contribution in [2.45, 2.75) is 26.3 Å². The van der Waals surface area contributed by atoms with Gasteiger partial charge in [0, 0.05) is 18.2 Å². The van der Waals surface area contributed by atoms with Gasteiger partial charge in [-0.2, -0.15) is 0 Å². The zero-order chi connectivity index (χ0) is 24.0. The third-order valence-corrected chi connectivity index (χ3v) is 4.97. The van der Waals surface area contributed by atoms with Gasteiger partial charge >= 0.3 is 6.36 Å². The van der Waals surface area contributed by atoms with Gasteiger partial charge < -0.3 is 19.1 Å². The standard InChI is InChI=1S/C24H24F3NO5/c1-16-12-19(7-8-22(16)17(2)29)32-15-21-14-28(10-11-31-21)23(30)9-6-18-4-3-5-20(13-18)33-24(25,26)27/h3-9,12-13,21H,10-11,14-15H2,1-2H3. The van der Waals surface area contributed by atoms with Crippen LogP contribution in [0.4, 0.5) is 13.2 Å². The molecule has 1 atom stereocenters. The maximum Gasteiger partial charge on any atom is 0.573 e. The fourth-order valence-corrected chi connectivity index (χ4v) is 3.42. The molecule has 1 aliphatic rings. The highest BCUT2D eigenvalue weighted by atomic mass is 19.4. The first-order chi connectivity index (χ1) is 15.6. The highest BCUT2D eigenvalue weighted by Crippen LogP contribution is 2.24. The number of alkyl halides is 3. The molecule has 1 amide bonds. The average molecular weight is 463 g/mol. The van der Waals surface area contributed by atoms with Crippen molar-refractivity contribution in [3.8, 4) is 11.5 Å². The van der Waals surface area contributed by atoms with E-state index in [1.807, 2.05) is 6.92 Å². The van der Waals surface area contributed by atoms with Gasteiger partial charge in [0.2, 0.25) is 5.91 Å². The van der Waals surface area contributed by atoms with Crippen molar-refractivity contribution in [2.24, 2.45) is 0 Å². The number of halogens is 3. The molecule has 0 aliphatic carbocycles. The van der Waals surface area contributed by atoms with Gasteiger partial charge in [-0.1, -0.05) is 12.1 Å². The second-order valence-corrected chi connectivity index (χ2v) is 7.57. The molecule has 6 nitrogen and oxygen atoms in total. The Morgan fingerprint density at radius 1 is 1.18 bits per heavy atom. The van der Waals surface area contributed by atoms with Gasteiger partial charge in [-0.25, -0.2) is 0 Å². The molecule has 0 aromatic heterocycles. The lowest BCUT2D eigenvalue weighted by Crippen LogP contribution is -2.47. The lowest BCUT2D eigenvalue weighted by molar-refractivity contribution is -0.274. The number of ketones is 1. The molecule has 1 fully saturated rings. The predicted octanol–water partition coefficient (Wildman–Crippen LogP) is 4.42. The molecule has 0 bridgehead atoms. The van der Waals surface area contributed by atoms with Crippen LogP contribution in [0.1, 0.15) is 28.4 Å². The van der Waals surface area contributed by atoms with Crippen molar-refractivity contribution in [2.75, 3.05) is 26.3 Å². The van der Waals surface area contributed by atoms with Crippen molar-refractivity contribution < 1.29 is 37.0 Å². The Bertz CT molecular complexity index is 1040. The zero-order valence-electron chi connectivity index (χ0n) is 18.2. The van der Waals surface area contributed by atoms with E-state index >= 15 is 0 Å². The lowest BCUT2D eigenvalue weighted by atomic mass is 10.1. The van der Waals surface area contributed by atoms with Crippen LogP contribution in [-0.2, 0) is 9.53 Å². The number of ether oxygens (including phenoxy) is 3. The SMILES string of the molecule is CC(=O)c1ccc(OCC2CN(C(=O)C=Cc3cccc(OC(F)(F)F)c3)CCO2)cc1C. The van der Waals surface area contributed by atoms with Crippen molar-refractivity contribution in [1.82, 2.24) is 4.90 Å². The van der Waals surface area contributed by atoms with E-state index in [9.17, 15) is 22.8 Å². The highest BCUT2D eigenvalue weighted by Gasteiger charge is 2.31. The van der Waals surface area contributed by atoms with Gasteiger partial charge in [0.15, 0.2) is 5.78 Å². The minimum absolute atomic E-state index is 0.0172. The van der Waals surface area contributed by atoms with E-state index in [0.717, 1.165) is 5.56 Å². The van der Waals surface area contributed by atoms with Gasteiger partial charge in [-0.05, 0) is 61.4 Å². The zero-order valence-corrected chi connectivity index (χ0v) is 18.2. The molecule has 0 saturated carbocycles. The highest BCUT2D eigenvalue weighted by molar-refractivity contribution is 5.95. The molecular formula is C24H24F3NO5. The number of hydrogen-bond acceptors (Lipinski definition) is 5. The molecule has 9 heteroatoms. The molecule has 2 aromatic carbocycles. The van der Waals surface area contributed by atoms with E-state index in [1.54, 1.807) is 29.2 Å². The number of hydrogen-bond donors (Lipinski definition) is 0. The third-order valence-electron chi connectivity index (χ3n) is 4.97. The molecule has 0 spiro atoms. The van der Waals surface area contributed by atoms with E-state index < -0.39 is 6.36 Å². The van der Waals surface area contributed by atoms with Crippen LogP contribution in [-0.4, -0.2) is 55.4 Å². The van der Waals surface area contributed by atoms with Gasteiger partial charge in [-0.3, -0.25) is 9.59 Å². The molecule has 1 unspecified atom stereocenters. The number of benzene rings is 2. The maximum absolute atomic E-state index is 12.6. The number of nitrogens with zero attached hydrogens (tertiary/aromatic N) is 1. The number of Topliss-reactive ketones (excluding diaryl/α,β-unsaturated/α-hetero) is 1. The van der Waals surface area contributed by atoms with Crippen LogP contribution in [0.3, 0.4) is 0 Å². The van der Waals surface area contributed by atoms with Gasteiger partial charge in [-0.15, -0.1) is 13.2 Å². The van der Waals surface area contributed by atoms with E-state index in [4.69, 9.17) is 9.47 Å². The Morgan fingerprint density at radius 3 is 2.67 bits per heavy atom. The summed E-state index contributed by atoms with van der Waals surface area (Å²) in [6.45, 7) is 4.60. The smallest absolute Gasteiger partial charge is 0.491 e. The summed E-state index contributed by atoms with van der Waals surface area (Å²) < 4.78 is 52.5. The number of rotatable bonds is 7. The topological polar surface area (TPSA) is 65.1 Å². The van der Waals surface area contributed by atoms with Crippen LogP contribution in [0.2, 0.25) is 0 Å². The first kappa shape index (κ1) is 24.3. The molecule has 1 heterocycles. The fourth-order valence-electron chi connectivity index (χ4n) is 3.42. The average Bonchev–Trinajstić information content (AvgIpc) is 2.75. The summed E-state index contributed by atoms with van der Waals surface area (Å²) in [4.78, 5) is 25.7. The number of carbonyl (C=O) groups is 2. The first-order valence-electron chi connectivity index (χ1n) is 10.3. The van der Waals surface area contributed by atoms with Crippen molar-refractivity contribution in [3.63, 3.8) is 0 Å². The Kier molecular flexibility index (Phi) is 7.75. The van der Waals surface area contributed by atoms with E-state index in [2.05, 4.69) is 4.74 Å². The Labute approximate surface area is 189 Å². The van der Waals surface area contributed by atoms with E-state index in [0.29, 0.717) is 36.6 Å². The van der Waals surface area contributed by atoms with Gasteiger partial charge in [0.1, 0.15) is 24.2 Å². The number of aryl methyl sites for hydroxylation is 1. The second-order valence-electron chi connectivity index (χ2n) is 7.57. The van der Waals surface area contributed by atoms with Crippen LogP contribution in [0.25, 0.3) is 6.08 Å². The normalized spacial score (nSPS) is 16.6. The van der Waals surface area contributed by atoms with Crippen molar-refractivity contribution in [3.05, 3.63) is 65.2 Å². The number of carbonyl (C=O) groups excluding carboxylic acids is 2. The molecule has 3 rings (SSSR count). The quantitative estimate of drug-likeness (QED) is 0.450. The maximum atomic E-state index is 12.6. The first-order valence-corrected chi connectivity index (χ1v) is 10.3. The monoisotopic (exact) mass is 463 g/mol. The molecular weight excluding hydrogens is 439 g/mol. The summed E-state index contributed by atoms with van der Waals surface area (Å²) in [5, 5.41) is 0. The summed E-state index contributed by atoms with van der Waals surface area (Å²) in [5.74, 6) is -0.0544. The van der Waals surface area contributed by atoms with E-state index in [1.165, 1.54) is 37.3 Å². The van der Waals surface area contributed by atoms with Crippen LogP contribution in [0.5, 0.6) is 11.5 Å². The molecule has 0 N–H and O–H groups in total. The van der Waals surface area contributed by atoms with E-state index in [-0.39, 0.29) is 30.2 Å². The Morgan fingerprint density at radius 2 is 1.97 bits per heavy atom. The van der Waals surface area contributed by atoms with Crippen molar-refractivity contribution >= 4 is 17.8 Å². The second kappa shape index (κ2) is 10.5. The van der Waals surface area contributed by atoms with Gasteiger partial charge in [0.25, 0.3) is 0 Å². The molecule has 2 aromatic rings. The van der Waals surface area contributed by atoms with Gasteiger partial charge in [0.05, 0.1) is 13.2 Å². The summed E-state index contributed by atoms with van der Waals surface area (Å²) in [6.07, 6.45) is -2.38. The number of morpholine rings is 1. The Hall–Kier alpha value is -3.33.